The van der Waals surface area contributed by atoms with E-state index in [4.69, 9.17) is 35.7 Å². The Morgan fingerprint density at radius 1 is 1.00 bits per heavy atom. The first-order chi connectivity index (χ1) is 23.1. The number of aliphatic carboxylic acids is 1. The Balaban J connectivity index is 0.000000698. The summed E-state index contributed by atoms with van der Waals surface area (Å²) in [6.45, 7) is 3.25. The van der Waals surface area contributed by atoms with Crippen molar-refractivity contribution in [1.29, 1.82) is 0 Å². The molecule has 0 aliphatic carbocycles. The number of aryl methyl sites for hydroxylation is 1. The van der Waals surface area contributed by atoms with Crippen molar-refractivity contribution < 1.29 is 50.4 Å². The van der Waals surface area contributed by atoms with Crippen molar-refractivity contribution in [2.45, 2.75) is 32.2 Å². The molecule has 14 nitrogen and oxygen atoms in total. The Morgan fingerprint density at radius 3 is 2.24 bits per heavy atom. The van der Waals surface area contributed by atoms with Gasteiger partial charge in [-0.3, -0.25) is 0 Å². The lowest BCUT2D eigenvalue weighted by Crippen LogP contribution is -2.21. The second-order valence-electron chi connectivity index (χ2n) is 9.87. The number of nitrogens with two attached hydrogens (primary N) is 2. The molecule has 3 aromatic heterocycles. The number of amides is 2. The van der Waals surface area contributed by atoms with E-state index in [9.17, 15) is 31.1 Å². The molecule has 0 radical (unpaired) electrons. The Bertz CT molecular complexity index is 1920. The maximum atomic E-state index is 12.8. The van der Waals surface area contributed by atoms with Crippen molar-refractivity contribution in [3.63, 3.8) is 0 Å². The molecule has 2 amide bonds. The van der Waals surface area contributed by atoms with Gasteiger partial charge in [0.25, 0.3) is 0 Å². The maximum Gasteiger partial charge on any atom is 0.490 e. The molecular weight excluding hydrogens is 668 g/mol. The lowest BCUT2D eigenvalue weighted by molar-refractivity contribution is -0.192. The van der Waals surface area contributed by atoms with Gasteiger partial charge in [-0.2, -0.15) is 26.3 Å². The zero-order valence-electron chi connectivity index (χ0n) is 25.3. The topological polar surface area (TPSA) is 209 Å². The first-order valence-corrected chi connectivity index (χ1v) is 14.1. The molecule has 5 rings (SSSR count). The van der Waals surface area contributed by atoms with E-state index in [-0.39, 0.29) is 17.2 Å². The van der Waals surface area contributed by atoms with E-state index in [1.165, 1.54) is 12.1 Å². The number of carboxylic acids is 1. The van der Waals surface area contributed by atoms with Crippen molar-refractivity contribution in [2.24, 2.45) is 5.73 Å². The number of nitrogens with one attached hydrogen (secondary N) is 2. The maximum absolute atomic E-state index is 12.8. The van der Waals surface area contributed by atoms with Gasteiger partial charge in [-0.15, -0.1) is 0 Å². The van der Waals surface area contributed by atoms with E-state index in [2.05, 4.69) is 25.9 Å². The van der Waals surface area contributed by atoms with Crippen molar-refractivity contribution in [2.75, 3.05) is 29.5 Å². The minimum atomic E-state index is -5.08. The number of fused-ring (bicyclic) bond motifs is 1. The molecule has 5 aromatic rings. The number of halogens is 6. The minimum Gasteiger partial charge on any atom is -0.490 e. The average Bonchev–Trinajstić information content (AvgIpc) is 3.64. The first-order valence-electron chi connectivity index (χ1n) is 14.1. The van der Waals surface area contributed by atoms with E-state index in [0.29, 0.717) is 65.7 Å². The molecule has 0 spiro atoms. The molecule has 0 atom stereocenters. The van der Waals surface area contributed by atoms with Crippen LogP contribution < -0.4 is 26.8 Å². The van der Waals surface area contributed by atoms with Crippen LogP contribution in [-0.2, 0) is 17.5 Å². The van der Waals surface area contributed by atoms with Crippen LogP contribution in [0.2, 0.25) is 0 Å². The van der Waals surface area contributed by atoms with E-state index in [1.54, 1.807) is 30.5 Å². The highest BCUT2D eigenvalue weighted by atomic mass is 19.4. The molecule has 0 aliphatic heterocycles. The summed E-state index contributed by atoms with van der Waals surface area (Å²) in [5.41, 5.74) is 13.9. The highest BCUT2D eigenvalue weighted by Gasteiger charge is 2.38. The number of carbonyl (C=O) groups is 2. The highest BCUT2D eigenvalue weighted by molar-refractivity contribution is 6.01. The number of nitrogens with zero attached hydrogens (tertiary/aromatic N) is 5. The molecule has 3 heterocycles. The van der Waals surface area contributed by atoms with E-state index < -0.39 is 29.9 Å². The van der Waals surface area contributed by atoms with Gasteiger partial charge in [0, 0.05) is 23.5 Å². The normalized spacial score (nSPS) is 11.5. The summed E-state index contributed by atoms with van der Waals surface area (Å²) in [5.74, 6) is -1.78. The smallest absolute Gasteiger partial charge is 0.490 e. The number of hydrogen-bond donors (Lipinski definition) is 5. The van der Waals surface area contributed by atoms with Crippen LogP contribution in [0.5, 0.6) is 5.75 Å². The van der Waals surface area contributed by atoms with Crippen LogP contribution in [0.3, 0.4) is 0 Å². The number of nitrogen functional groups attached to an aromatic ring is 1. The number of carboxylic acid groups (broad SMARTS) is 1. The number of benzene rings is 2. The van der Waals surface area contributed by atoms with E-state index in [1.807, 2.05) is 11.5 Å². The number of hydrogen-bond acceptors (Lipinski definition) is 10. The number of anilines is 3. The molecule has 49 heavy (non-hydrogen) atoms. The number of rotatable bonds is 9. The van der Waals surface area contributed by atoms with Crippen LogP contribution in [0.1, 0.15) is 18.9 Å². The lowest BCUT2D eigenvalue weighted by Gasteiger charge is -2.12. The molecule has 0 saturated heterocycles. The number of carbonyl (C=O) groups excluding carboxylic acids is 1. The Kier molecular flexibility index (Phi) is 10.9. The SMILES string of the molecule is CCn1c(-c2nonc2N)nc2c(-c3cccc(NC(=O)Nc4ccc(C(F)(F)F)cc4)c3)ncc(OCCCN)c21.O=C(O)C(F)(F)F. The summed E-state index contributed by atoms with van der Waals surface area (Å²) in [4.78, 5) is 30.9. The van der Waals surface area contributed by atoms with Crippen LogP contribution in [-0.4, -0.2) is 61.3 Å². The molecule has 20 heteroatoms. The number of alkyl halides is 6. The van der Waals surface area contributed by atoms with Gasteiger partial charge in [0.05, 0.1) is 24.1 Å². The van der Waals surface area contributed by atoms with Crippen LogP contribution in [0.25, 0.3) is 33.8 Å². The molecule has 0 unspecified atom stereocenters. The number of aromatic nitrogens is 5. The fourth-order valence-corrected chi connectivity index (χ4v) is 4.32. The van der Waals surface area contributed by atoms with Gasteiger partial charge in [-0.25, -0.2) is 24.2 Å². The fourth-order valence-electron chi connectivity index (χ4n) is 4.32. The molecule has 2 aromatic carbocycles. The average molecular weight is 696 g/mol. The number of imidazole rings is 1. The second-order valence-corrected chi connectivity index (χ2v) is 9.87. The molecule has 0 fully saturated rings. The fraction of sp³-hybridized carbons (Fsp3) is 0.241. The number of pyridine rings is 1. The van der Waals surface area contributed by atoms with Crippen LogP contribution in [0.15, 0.2) is 59.4 Å². The van der Waals surface area contributed by atoms with Crippen LogP contribution in [0.4, 0.5) is 48.3 Å². The second kappa shape index (κ2) is 14.9. The summed E-state index contributed by atoms with van der Waals surface area (Å²) in [5, 5.41) is 19.9. The van der Waals surface area contributed by atoms with Crippen molar-refractivity contribution in [1.82, 2.24) is 24.8 Å². The number of ether oxygens (including phenoxy) is 1. The van der Waals surface area contributed by atoms with Gasteiger partial charge in [0.1, 0.15) is 11.0 Å². The quantitative estimate of drug-likeness (QED) is 0.0923. The minimum absolute atomic E-state index is 0.0744. The van der Waals surface area contributed by atoms with Gasteiger partial charge >= 0.3 is 24.4 Å². The molecule has 260 valence electrons. The summed E-state index contributed by atoms with van der Waals surface area (Å²) < 4.78 is 82.9. The lowest BCUT2D eigenvalue weighted by atomic mass is 10.1. The van der Waals surface area contributed by atoms with Gasteiger partial charge in [-0.05, 0) is 66.6 Å². The molecular formula is C29H27F6N9O5. The molecule has 0 aliphatic rings. The van der Waals surface area contributed by atoms with Gasteiger partial charge in [0.2, 0.25) is 0 Å². The van der Waals surface area contributed by atoms with Crippen molar-refractivity contribution in [3.8, 4) is 28.5 Å². The Labute approximate surface area is 272 Å². The predicted molar refractivity (Wildman–Crippen MR) is 163 cm³/mol. The van der Waals surface area contributed by atoms with Crippen LogP contribution >= 0.6 is 0 Å². The standard InChI is InChI=1S/C27H26F3N9O3.C2HF3O2/c1-2-39-23-19(41-12-4-11-31)14-33-20(21(23)36-25(39)22-24(32)38-42-37-22)15-5-3-6-18(13-15)35-26(40)34-17-9-7-16(8-10-17)27(28,29)30;3-2(4,5)1(6)7/h3,5-10,13-14H,2,4,11-12,31H2,1H3,(H2,32,38)(H2,34,35,40);(H,6,7). The Morgan fingerprint density at radius 2 is 1.67 bits per heavy atom. The summed E-state index contributed by atoms with van der Waals surface area (Å²) >= 11 is 0. The van der Waals surface area contributed by atoms with Crippen molar-refractivity contribution >= 4 is 40.2 Å². The van der Waals surface area contributed by atoms with Crippen LogP contribution in [0, 0.1) is 0 Å². The predicted octanol–water partition coefficient (Wildman–Crippen LogP) is 5.77. The largest absolute Gasteiger partial charge is 0.490 e. The van der Waals surface area contributed by atoms with E-state index in [0.717, 1.165) is 12.1 Å². The van der Waals surface area contributed by atoms with E-state index >= 15 is 0 Å². The van der Waals surface area contributed by atoms with Gasteiger partial charge < -0.3 is 36.5 Å². The van der Waals surface area contributed by atoms with Gasteiger partial charge in [0.15, 0.2) is 23.1 Å². The number of urea groups is 1. The third-order valence-corrected chi connectivity index (χ3v) is 6.49. The third-order valence-electron chi connectivity index (χ3n) is 6.49. The molecule has 0 saturated carbocycles. The third kappa shape index (κ3) is 8.71. The highest BCUT2D eigenvalue weighted by Crippen LogP contribution is 2.37. The zero-order chi connectivity index (χ0) is 35.9. The Hall–Kier alpha value is -5.92. The summed E-state index contributed by atoms with van der Waals surface area (Å²) in [6, 6.07) is 10.4. The molecule has 0 bridgehead atoms. The molecule has 7 N–H and O–H groups in total. The zero-order valence-corrected chi connectivity index (χ0v) is 25.3. The summed E-state index contributed by atoms with van der Waals surface area (Å²) in [6.07, 6.45) is -7.33. The monoisotopic (exact) mass is 695 g/mol. The van der Waals surface area contributed by atoms with Crippen molar-refractivity contribution in [3.05, 3.63) is 60.3 Å². The first kappa shape index (κ1) is 35.9. The van der Waals surface area contributed by atoms with Gasteiger partial charge in [-0.1, -0.05) is 12.1 Å². The summed E-state index contributed by atoms with van der Waals surface area (Å²) in [7, 11) is 0.